The fourth-order valence-electron chi connectivity index (χ4n) is 3.36. The second kappa shape index (κ2) is 6.29. The topological polar surface area (TPSA) is 46.9 Å². The predicted octanol–water partition coefficient (Wildman–Crippen LogP) is 3.56. The van der Waals surface area contributed by atoms with Crippen molar-refractivity contribution in [2.45, 2.75) is 46.0 Å². The van der Waals surface area contributed by atoms with Crippen molar-refractivity contribution in [3.8, 4) is 0 Å². The van der Waals surface area contributed by atoms with Gasteiger partial charge in [-0.2, -0.15) is 5.10 Å². The molecular formula is C15H24BrN3O. The largest absolute Gasteiger partial charge is 0.382 e. The molecule has 4 nitrogen and oxygen atoms in total. The van der Waals surface area contributed by atoms with Gasteiger partial charge in [-0.15, -0.1) is 0 Å². The highest BCUT2D eigenvalue weighted by molar-refractivity contribution is 9.10. The molecule has 1 aliphatic carbocycles. The first-order chi connectivity index (χ1) is 9.43. The summed E-state index contributed by atoms with van der Waals surface area (Å²) < 4.78 is 1.92. The lowest BCUT2D eigenvalue weighted by Crippen LogP contribution is -2.30. The Labute approximate surface area is 129 Å². The molecule has 0 amide bonds. The number of hydrogen-bond donors (Lipinski definition) is 1. The summed E-state index contributed by atoms with van der Waals surface area (Å²) in [5.74, 6) is 0.708. The van der Waals surface area contributed by atoms with Crippen molar-refractivity contribution in [3.05, 3.63) is 21.0 Å². The molecule has 1 N–H and O–H groups in total. The molecule has 2 rings (SSSR count). The third-order valence-corrected chi connectivity index (χ3v) is 5.00. The van der Waals surface area contributed by atoms with Gasteiger partial charge in [-0.05, 0) is 46.5 Å². The Bertz CT molecular complexity index is 518. The number of hydrogen-bond acceptors (Lipinski definition) is 3. The molecule has 5 heteroatoms. The Morgan fingerprint density at radius 2 is 2.10 bits per heavy atom. The Hall–Kier alpha value is -0.840. The van der Waals surface area contributed by atoms with Crippen LogP contribution in [0, 0.1) is 11.3 Å². The number of rotatable bonds is 5. The predicted molar refractivity (Wildman–Crippen MR) is 86.0 cm³/mol. The molecule has 0 unspecified atom stereocenters. The molecule has 20 heavy (non-hydrogen) atoms. The van der Waals surface area contributed by atoms with Crippen LogP contribution in [0.3, 0.4) is 0 Å². The average Bonchev–Trinajstić information content (AvgIpc) is 2.83. The molecule has 112 valence electrons. The summed E-state index contributed by atoms with van der Waals surface area (Å²) in [6.45, 7) is 5.50. The summed E-state index contributed by atoms with van der Waals surface area (Å²) in [6.07, 6.45) is 8.19. The van der Waals surface area contributed by atoms with Gasteiger partial charge in [-0.25, -0.2) is 4.68 Å². The molecule has 1 heterocycles. The molecule has 1 aromatic heterocycles. The minimum atomic E-state index is -0.0978. The Morgan fingerprint density at radius 3 is 2.70 bits per heavy atom. The van der Waals surface area contributed by atoms with Gasteiger partial charge in [-0.1, -0.05) is 26.7 Å². The van der Waals surface area contributed by atoms with Crippen molar-refractivity contribution in [3.63, 3.8) is 0 Å². The van der Waals surface area contributed by atoms with E-state index >= 15 is 0 Å². The minimum absolute atomic E-state index is 0.0978. The number of nitrogens with one attached hydrogen (secondary N) is 1. The van der Waals surface area contributed by atoms with E-state index in [0.717, 1.165) is 12.2 Å². The molecule has 1 aromatic rings. The van der Waals surface area contributed by atoms with Crippen molar-refractivity contribution >= 4 is 21.6 Å². The van der Waals surface area contributed by atoms with Crippen molar-refractivity contribution in [2.24, 2.45) is 18.4 Å². The molecule has 0 saturated heterocycles. The summed E-state index contributed by atoms with van der Waals surface area (Å²) >= 11 is 3.37. The standard InChI is InChI=1S/C15H24BrN3O/c1-11(2)8-15(6-4-5-7-15)10-17-12-9-18-19(3)14(20)13(12)16/h9,11,17H,4-8,10H2,1-3H3. The van der Waals surface area contributed by atoms with Gasteiger partial charge in [0.25, 0.3) is 5.56 Å². The first-order valence-corrected chi connectivity index (χ1v) is 8.18. The molecule has 0 radical (unpaired) electrons. The number of halogens is 1. The number of aryl methyl sites for hydroxylation is 1. The second-order valence-corrected chi connectivity index (χ2v) is 7.25. The third kappa shape index (κ3) is 3.43. The van der Waals surface area contributed by atoms with Crippen molar-refractivity contribution in [1.82, 2.24) is 9.78 Å². The van der Waals surface area contributed by atoms with E-state index < -0.39 is 0 Å². The molecule has 0 aliphatic heterocycles. The van der Waals surface area contributed by atoms with Crippen LogP contribution in [0.15, 0.2) is 15.5 Å². The molecule has 1 fully saturated rings. The van der Waals surface area contributed by atoms with Crippen LogP contribution in [0.4, 0.5) is 5.69 Å². The summed E-state index contributed by atoms with van der Waals surface area (Å²) in [7, 11) is 1.66. The van der Waals surface area contributed by atoms with Crippen LogP contribution in [-0.4, -0.2) is 16.3 Å². The van der Waals surface area contributed by atoms with Crippen LogP contribution >= 0.6 is 15.9 Å². The smallest absolute Gasteiger partial charge is 0.282 e. The summed E-state index contributed by atoms with van der Waals surface area (Å²) in [4.78, 5) is 11.9. The van der Waals surface area contributed by atoms with E-state index in [1.54, 1.807) is 13.2 Å². The van der Waals surface area contributed by atoms with Crippen LogP contribution in [-0.2, 0) is 7.05 Å². The molecule has 1 aliphatic rings. The van der Waals surface area contributed by atoms with Crippen LogP contribution in [0.5, 0.6) is 0 Å². The van der Waals surface area contributed by atoms with E-state index in [0.29, 0.717) is 15.8 Å². The van der Waals surface area contributed by atoms with E-state index in [2.05, 4.69) is 40.2 Å². The van der Waals surface area contributed by atoms with Crippen molar-refractivity contribution in [1.29, 1.82) is 0 Å². The highest BCUT2D eigenvalue weighted by atomic mass is 79.9. The van der Waals surface area contributed by atoms with Gasteiger partial charge in [0.05, 0.1) is 11.9 Å². The van der Waals surface area contributed by atoms with Gasteiger partial charge in [0.15, 0.2) is 0 Å². The van der Waals surface area contributed by atoms with E-state index in [1.165, 1.54) is 36.8 Å². The Kier molecular flexibility index (Phi) is 4.89. The average molecular weight is 342 g/mol. The monoisotopic (exact) mass is 341 g/mol. The van der Waals surface area contributed by atoms with Crippen LogP contribution < -0.4 is 10.9 Å². The highest BCUT2D eigenvalue weighted by Crippen LogP contribution is 2.43. The van der Waals surface area contributed by atoms with Gasteiger partial charge in [0.2, 0.25) is 0 Å². The molecule has 0 bridgehead atoms. The Morgan fingerprint density at radius 1 is 1.45 bits per heavy atom. The SMILES string of the molecule is CC(C)CC1(CNc2cnn(C)c(=O)c2Br)CCCC1. The van der Waals surface area contributed by atoms with E-state index in [1.807, 2.05) is 0 Å². The lowest BCUT2D eigenvalue weighted by molar-refractivity contribution is 0.252. The van der Waals surface area contributed by atoms with Gasteiger partial charge in [-0.3, -0.25) is 4.79 Å². The lowest BCUT2D eigenvalue weighted by atomic mass is 9.78. The lowest BCUT2D eigenvalue weighted by Gasteiger charge is -2.31. The van der Waals surface area contributed by atoms with Crippen LogP contribution in [0.25, 0.3) is 0 Å². The van der Waals surface area contributed by atoms with E-state index in [4.69, 9.17) is 0 Å². The maximum absolute atomic E-state index is 11.9. The second-order valence-electron chi connectivity index (χ2n) is 6.46. The molecule has 1 saturated carbocycles. The molecular weight excluding hydrogens is 318 g/mol. The van der Waals surface area contributed by atoms with Gasteiger partial charge < -0.3 is 5.32 Å². The first-order valence-electron chi connectivity index (χ1n) is 7.39. The van der Waals surface area contributed by atoms with Crippen LogP contribution in [0.1, 0.15) is 46.0 Å². The minimum Gasteiger partial charge on any atom is -0.382 e. The fourth-order valence-corrected chi connectivity index (χ4v) is 3.86. The zero-order valence-corrected chi connectivity index (χ0v) is 14.2. The molecule has 0 atom stereocenters. The summed E-state index contributed by atoms with van der Waals surface area (Å²) in [5.41, 5.74) is 1.09. The zero-order chi connectivity index (χ0) is 14.8. The number of aromatic nitrogens is 2. The normalized spacial score (nSPS) is 17.6. The summed E-state index contributed by atoms with van der Waals surface area (Å²) in [6, 6.07) is 0. The maximum Gasteiger partial charge on any atom is 0.282 e. The van der Waals surface area contributed by atoms with Gasteiger partial charge in [0, 0.05) is 13.6 Å². The fraction of sp³-hybridized carbons (Fsp3) is 0.733. The summed E-state index contributed by atoms with van der Waals surface area (Å²) in [5, 5.41) is 7.53. The number of nitrogens with zero attached hydrogens (tertiary/aromatic N) is 2. The van der Waals surface area contributed by atoms with E-state index in [9.17, 15) is 4.79 Å². The highest BCUT2D eigenvalue weighted by Gasteiger charge is 2.34. The number of anilines is 1. The quantitative estimate of drug-likeness (QED) is 0.890. The molecule has 0 spiro atoms. The van der Waals surface area contributed by atoms with Gasteiger partial charge in [0.1, 0.15) is 4.47 Å². The first kappa shape index (κ1) is 15.5. The van der Waals surface area contributed by atoms with E-state index in [-0.39, 0.29) is 5.56 Å². The van der Waals surface area contributed by atoms with Gasteiger partial charge >= 0.3 is 0 Å². The van der Waals surface area contributed by atoms with Crippen molar-refractivity contribution in [2.75, 3.05) is 11.9 Å². The Balaban J connectivity index is 2.10. The van der Waals surface area contributed by atoms with Crippen LogP contribution in [0.2, 0.25) is 0 Å². The molecule has 0 aromatic carbocycles. The van der Waals surface area contributed by atoms with Crippen molar-refractivity contribution < 1.29 is 0 Å². The third-order valence-electron chi connectivity index (χ3n) is 4.24. The maximum atomic E-state index is 11.9. The zero-order valence-electron chi connectivity index (χ0n) is 12.6.